The summed E-state index contributed by atoms with van der Waals surface area (Å²) in [5, 5.41) is 8.43. The van der Waals surface area contributed by atoms with Crippen molar-refractivity contribution >= 4 is 0 Å². The molecule has 0 aliphatic carbocycles. The fourth-order valence-corrected chi connectivity index (χ4v) is 1.43. The Kier molecular flexibility index (Phi) is 3.70. The zero-order valence-corrected chi connectivity index (χ0v) is 7.06. The largest absolute Gasteiger partial charge is 1.00 e. The summed E-state index contributed by atoms with van der Waals surface area (Å²) < 4.78 is 0.983. The molecule has 0 bridgehead atoms. The third-order valence-electron chi connectivity index (χ3n) is 2.10. The number of halogens is 1. The van der Waals surface area contributed by atoms with E-state index in [1.165, 1.54) is 25.9 Å². The molecule has 0 radical (unpaired) electrons. The molecule has 1 heterocycles. The van der Waals surface area contributed by atoms with Crippen LogP contribution in [0.4, 0.5) is 0 Å². The van der Waals surface area contributed by atoms with Gasteiger partial charge in [0.15, 0.2) is 6.54 Å². The van der Waals surface area contributed by atoms with Gasteiger partial charge in [-0.25, -0.2) is 0 Å². The van der Waals surface area contributed by atoms with Crippen molar-refractivity contribution in [2.45, 2.75) is 12.8 Å². The molecule has 1 rings (SSSR count). The monoisotopic (exact) mass is 160 g/mol. The molecule has 0 aromatic carbocycles. The van der Waals surface area contributed by atoms with Gasteiger partial charge >= 0.3 is 0 Å². The molecule has 2 nitrogen and oxygen atoms in total. The maximum Gasteiger partial charge on any atom is 0.166 e. The molecule has 1 aliphatic rings. The Bertz CT molecular complexity index is 133. The highest BCUT2D eigenvalue weighted by atomic mass is 35.5. The predicted molar refractivity (Wildman–Crippen MR) is 35.6 cm³/mol. The third-order valence-corrected chi connectivity index (χ3v) is 2.10. The predicted octanol–water partition coefficient (Wildman–Crippen LogP) is -2.25. The van der Waals surface area contributed by atoms with Crippen molar-refractivity contribution < 1.29 is 16.9 Å². The second kappa shape index (κ2) is 3.80. The number of nitrogens with zero attached hydrogens (tertiary/aromatic N) is 2. The molecule has 0 saturated carbocycles. The average Bonchev–Trinajstić information content (AvgIpc) is 2.16. The van der Waals surface area contributed by atoms with Crippen LogP contribution in [-0.2, 0) is 0 Å². The number of hydrogen-bond donors (Lipinski definition) is 0. The van der Waals surface area contributed by atoms with Crippen LogP contribution in [0.25, 0.3) is 0 Å². The lowest BCUT2D eigenvalue weighted by Crippen LogP contribution is -3.00. The summed E-state index contributed by atoms with van der Waals surface area (Å²) in [5.74, 6) is 0. The van der Waals surface area contributed by atoms with Crippen LogP contribution in [-0.4, -0.2) is 31.2 Å². The zero-order chi connectivity index (χ0) is 6.74. The fourth-order valence-electron chi connectivity index (χ4n) is 1.43. The van der Waals surface area contributed by atoms with Gasteiger partial charge in [0.25, 0.3) is 0 Å². The van der Waals surface area contributed by atoms with Crippen molar-refractivity contribution in [2.75, 3.05) is 26.7 Å². The Balaban J connectivity index is 0.000000810. The molecule has 0 unspecified atom stereocenters. The summed E-state index contributed by atoms with van der Waals surface area (Å²) in [5.41, 5.74) is 0. The first kappa shape index (κ1) is 9.74. The van der Waals surface area contributed by atoms with Gasteiger partial charge in [-0.1, -0.05) is 0 Å². The first-order valence-corrected chi connectivity index (χ1v) is 3.47. The second-order valence-corrected chi connectivity index (χ2v) is 3.09. The first-order chi connectivity index (χ1) is 4.27. The molecule has 1 aliphatic heterocycles. The van der Waals surface area contributed by atoms with Gasteiger partial charge in [-0.3, -0.25) is 0 Å². The van der Waals surface area contributed by atoms with E-state index in [0.29, 0.717) is 6.54 Å². The van der Waals surface area contributed by atoms with Gasteiger partial charge in [-0.15, -0.1) is 0 Å². The van der Waals surface area contributed by atoms with Crippen LogP contribution in [0.3, 0.4) is 0 Å². The van der Waals surface area contributed by atoms with Crippen LogP contribution < -0.4 is 12.4 Å². The lowest BCUT2D eigenvalue weighted by molar-refractivity contribution is -0.890. The Labute approximate surface area is 68.4 Å². The van der Waals surface area contributed by atoms with Crippen LogP contribution in [0.1, 0.15) is 12.8 Å². The second-order valence-electron chi connectivity index (χ2n) is 3.09. The highest BCUT2D eigenvalue weighted by Gasteiger charge is 2.25. The Hall–Kier alpha value is -0.260. The van der Waals surface area contributed by atoms with Crippen molar-refractivity contribution in [1.29, 1.82) is 5.26 Å². The minimum Gasteiger partial charge on any atom is -1.00 e. The smallest absolute Gasteiger partial charge is 0.166 e. The van der Waals surface area contributed by atoms with Crippen molar-refractivity contribution in [1.82, 2.24) is 0 Å². The standard InChI is InChI=1S/C7H13N2.ClH/c1-9(7-4-8)5-2-3-6-9;/h2-3,5-7H2,1H3;1H/q+1;/p-1. The zero-order valence-electron chi connectivity index (χ0n) is 6.31. The Morgan fingerprint density at radius 2 is 1.90 bits per heavy atom. The molecule has 0 aromatic rings. The fraction of sp³-hybridized carbons (Fsp3) is 0.857. The number of likely N-dealkylation sites (tertiary alicyclic amines) is 1. The van der Waals surface area contributed by atoms with Gasteiger partial charge in [0, 0.05) is 12.8 Å². The molecule has 0 N–H and O–H groups in total. The number of hydrogen-bond acceptors (Lipinski definition) is 1. The first-order valence-electron chi connectivity index (χ1n) is 3.47. The number of quaternary nitrogens is 1. The Morgan fingerprint density at radius 3 is 2.30 bits per heavy atom. The minimum atomic E-state index is 0. The molecule has 1 saturated heterocycles. The lowest BCUT2D eigenvalue weighted by atomic mass is 10.4. The van der Waals surface area contributed by atoms with Crippen molar-refractivity contribution in [3.05, 3.63) is 0 Å². The topological polar surface area (TPSA) is 23.8 Å². The molecule has 10 heavy (non-hydrogen) atoms. The highest BCUT2D eigenvalue weighted by molar-refractivity contribution is 4.69. The van der Waals surface area contributed by atoms with Gasteiger partial charge in [0.05, 0.1) is 20.1 Å². The lowest BCUT2D eigenvalue weighted by Gasteiger charge is -2.25. The third kappa shape index (κ3) is 2.17. The molecule has 58 valence electrons. The van der Waals surface area contributed by atoms with E-state index in [1.807, 2.05) is 0 Å². The summed E-state index contributed by atoms with van der Waals surface area (Å²) in [7, 11) is 2.16. The quantitative estimate of drug-likeness (QED) is 0.314. The van der Waals surface area contributed by atoms with Gasteiger partial charge in [-0.2, -0.15) is 5.26 Å². The molecule has 0 aromatic heterocycles. The number of rotatable bonds is 1. The summed E-state index contributed by atoms with van der Waals surface area (Å²) in [6, 6.07) is 2.22. The molecular weight excluding hydrogens is 148 g/mol. The van der Waals surface area contributed by atoms with E-state index >= 15 is 0 Å². The van der Waals surface area contributed by atoms with E-state index in [0.717, 1.165) is 4.48 Å². The van der Waals surface area contributed by atoms with E-state index in [4.69, 9.17) is 5.26 Å². The highest BCUT2D eigenvalue weighted by Crippen LogP contribution is 2.14. The SMILES string of the molecule is C[N+]1(CC#N)CCCC1.[Cl-]. The molecule has 0 amide bonds. The van der Waals surface area contributed by atoms with Gasteiger partial charge in [0.1, 0.15) is 6.07 Å². The molecule has 0 spiro atoms. The van der Waals surface area contributed by atoms with Crippen LogP contribution in [0.2, 0.25) is 0 Å². The summed E-state index contributed by atoms with van der Waals surface area (Å²) in [6.07, 6.45) is 2.61. The average molecular weight is 161 g/mol. The van der Waals surface area contributed by atoms with Gasteiger partial charge < -0.3 is 16.9 Å². The van der Waals surface area contributed by atoms with Crippen molar-refractivity contribution in [2.24, 2.45) is 0 Å². The molecule has 3 heteroatoms. The molecule has 1 fully saturated rings. The normalized spacial score (nSPS) is 21.2. The van der Waals surface area contributed by atoms with Crippen molar-refractivity contribution in [3.8, 4) is 6.07 Å². The summed E-state index contributed by atoms with van der Waals surface area (Å²) in [6.45, 7) is 3.10. The van der Waals surface area contributed by atoms with Gasteiger partial charge in [0.2, 0.25) is 0 Å². The van der Waals surface area contributed by atoms with Gasteiger partial charge in [-0.05, 0) is 0 Å². The molecule has 0 atom stereocenters. The van der Waals surface area contributed by atoms with E-state index < -0.39 is 0 Å². The summed E-state index contributed by atoms with van der Waals surface area (Å²) in [4.78, 5) is 0. The van der Waals surface area contributed by atoms with Crippen LogP contribution in [0.5, 0.6) is 0 Å². The minimum absolute atomic E-state index is 0. The van der Waals surface area contributed by atoms with Crippen LogP contribution in [0, 0.1) is 11.3 Å². The van der Waals surface area contributed by atoms with E-state index in [1.54, 1.807) is 0 Å². The molecular formula is C7H13ClN2. The van der Waals surface area contributed by atoms with E-state index in [2.05, 4.69) is 13.1 Å². The summed E-state index contributed by atoms with van der Waals surface area (Å²) >= 11 is 0. The number of nitriles is 1. The van der Waals surface area contributed by atoms with Crippen molar-refractivity contribution in [3.63, 3.8) is 0 Å². The maximum atomic E-state index is 8.43. The van der Waals surface area contributed by atoms with Crippen LogP contribution >= 0.6 is 0 Å². The van der Waals surface area contributed by atoms with E-state index in [-0.39, 0.29) is 12.4 Å². The Morgan fingerprint density at radius 1 is 1.40 bits per heavy atom. The van der Waals surface area contributed by atoms with E-state index in [9.17, 15) is 0 Å². The van der Waals surface area contributed by atoms with Crippen LogP contribution in [0.15, 0.2) is 0 Å². The maximum absolute atomic E-state index is 8.43.